The van der Waals surface area contributed by atoms with Crippen molar-refractivity contribution in [2.24, 2.45) is 0 Å². The summed E-state index contributed by atoms with van der Waals surface area (Å²) in [5.41, 5.74) is 3.85. The molecule has 2 heteroatoms. The van der Waals surface area contributed by atoms with Crippen LogP contribution in [0.1, 0.15) is 31.9 Å². The lowest BCUT2D eigenvalue weighted by Crippen LogP contribution is -2.32. The van der Waals surface area contributed by atoms with Crippen LogP contribution >= 0.6 is 15.9 Å². The first-order chi connectivity index (χ1) is 7.10. The van der Waals surface area contributed by atoms with Gasteiger partial charge in [0.1, 0.15) is 0 Å². The minimum atomic E-state index is 0.194. The summed E-state index contributed by atoms with van der Waals surface area (Å²) in [6, 6.07) is 8.94. The molecule has 1 aromatic carbocycles. The van der Waals surface area contributed by atoms with E-state index in [9.17, 15) is 0 Å². The Morgan fingerprint density at radius 3 is 2.27 bits per heavy atom. The number of benzene rings is 1. The topological polar surface area (TPSA) is 12.0 Å². The lowest BCUT2D eigenvalue weighted by atomic mass is 9.84. The maximum Gasteiger partial charge on any atom is 0.0517 e. The first-order valence-corrected chi connectivity index (χ1v) is 6.58. The zero-order valence-corrected chi connectivity index (χ0v) is 11.4. The highest BCUT2D eigenvalue weighted by molar-refractivity contribution is 9.09. The highest BCUT2D eigenvalue weighted by atomic mass is 79.9. The number of alkyl halides is 1. The van der Waals surface area contributed by atoms with Gasteiger partial charge in [-0.15, -0.1) is 0 Å². The van der Waals surface area contributed by atoms with E-state index in [0.717, 1.165) is 18.4 Å². The molecule has 0 heterocycles. The summed E-state index contributed by atoms with van der Waals surface area (Å²) < 4.78 is 0. The molecule has 0 aliphatic heterocycles. The van der Waals surface area contributed by atoms with Crippen molar-refractivity contribution >= 4 is 15.9 Å². The first-order valence-electron chi connectivity index (χ1n) is 5.46. The fraction of sp³-hybridized carbons (Fsp3) is 0.538. The van der Waals surface area contributed by atoms with E-state index in [1.165, 1.54) is 11.1 Å². The highest BCUT2D eigenvalue weighted by Gasteiger charge is 2.19. The van der Waals surface area contributed by atoms with Crippen LogP contribution in [0.25, 0.3) is 0 Å². The van der Waals surface area contributed by atoms with Gasteiger partial charge in [0, 0.05) is 12.0 Å². The first kappa shape index (κ1) is 12.7. The van der Waals surface area contributed by atoms with Crippen molar-refractivity contribution in [1.82, 2.24) is 5.32 Å². The zero-order chi connectivity index (χ0) is 11.3. The molecular weight excluding hydrogens is 250 g/mol. The molecule has 15 heavy (non-hydrogen) atoms. The SMILES string of the molecule is CCc1ccc(C(C)(C)CNCBr)cc1. The van der Waals surface area contributed by atoms with Gasteiger partial charge in [-0.1, -0.05) is 61.0 Å². The van der Waals surface area contributed by atoms with Gasteiger partial charge in [-0.25, -0.2) is 0 Å². The van der Waals surface area contributed by atoms with Gasteiger partial charge in [0.25, 0.3) is 0 Å². The molecule has 1 aromatic rings. The molecular formula is C13H20BrN. The predicted octanol–water partition coefficient (Wildman–Crippen LogP) is 3.47. The molecule has 0 saturated heterocycles. The maximum atomic E-state index is 3.39. The number of nitrogens with one attached hydrogen (secondary N) is 1. The summed E-state index contributed by atoms with van der Waals surface area (Å²) in [5, 5.41) is 3.33. The van der Waals surface area contributed by atoms with Crippen LogP contribution in [0.3, 0.4) is 0 Å². The second kappa shape index (κ2) is 5.66. The van der Waals surface area contributed by atoms with Gasteiger partial charge in [-0.05, 0) is 17.5 Å². The fourth-order valence-electron chi connectivity index (χ4n) is 1.65. The van der Waals surface area contributed by atoms with E-state index in [-0.39, 0.29) is 5.41 Å². The summed E-state index contributed by atoms with van der Waals surface area (Å²) >= 11 is 3.39. The summed E-state index contributed by atoms with van der Waals surface area (Å²) in [6.45, 7) is 7.71. The minimum absolute atomic E-state index is 0.194. The van der Waals surface area contributed by atoms with E-state index < -0.39 is 0 Å². The van der Waals surface area contributed by atoms with Gasteiger partial charge in [0.05, 0.1) is 5.45 Å². The Kier molecular flexibility index (Phi) is 4.81. The van der Waals surface area contributed by atoms with Gasteiger partial charge < -0.3 is 5.32 Å². The normalized spacial score (nSPS) is 11.7. The van der Waals surface area contributed by atoms with Crippen LogP contribution in [0.5, 0.6) is 0 Å². The van der Waals surface area contributed by atoms with E-state index in [4.69, 9.17) is 0 Å². The van der Waals surface area contributed by atoms with E-state index in [0.29, 0.717) is 0 Å². The molecule has 0 amide bonds. The van der Waals surface area contributed by atoms with Gasteiger partial charge in [-0.3, -0.25) is 0 Å². The average molecular weight is 270 g/mol. The van der Waals surface area contributed by atoms with Crippen LogP contribution < -0.4 is 5.32 Å². The van der Waals surface area contributed by atoms with E-state index in [1.807, 2.05) is 0 Å². The van der Waals surface area contributed by atoms with E-state index in [2.05, 4.69) is 66.3 Å². The van der Waals surface area contributed by atoms with Gasteiger partial charge in [0.15, 0.2) is 0 Å². The highest BCUT2D eigenvalue weighted by Crippen LogP contribution is 2.22. The van der Waals surface area contributed by atoms with Crippen LogP contribution in [0, 0.1) is 0 Å². The van der Waals surface area contributed by atoms with Crippen molar-refractivity contribution in [3.8, 4) is 0 Å². The molecule has 84 valence electrons. The Morgan fingerprint density at radius 2 is 1.80 bits per heavy atom. The third kappa shape index (κ3) is 3.62. The van der Waals surface area contributed by atoms with E-state index in [1.54, 1.807) is 0 Å². The summed E-state index contributed by atoms with van der Waals surface area (Å²) in [7, 11) is 0. The summed E-state index contributed by atoms with van der Waals surface area (Å²) in [4.78, 5) is 0. The molecule has 0 unspecified atom stereocenters. The molecule has 0 aromatic heterocycles. The molecule has 0 fully saturated rings. The largest absolute Gasteiger partial charge is 0.306 e. The number of hydrogen-bond donors (Lipinski definition) is 1. The quantitative estimate of drug-likeness (QED) is 0.638. The van der Waals surface area contributed by atoms with E-state index >= 15 is 0 Å². The number of hydrogen-bond acceptors (Lipinski definition) is 1. The van der Waals surface area contributed by atoms with Crippen molar-refractivity contribution in [3.05, 3.63) is 35.4 Å². The molecule has 0 aliphatic carbocycles. The second-order valence-corrected chi connectivity index (χ2v) is 5.06. The standard InChI is InChI=1S/C13H20BrN/c1-4-11-5-7-12(8-6-11)13(2,3)9-15-10-14/h5-8,15H,4,9-10H2,1-3H3. The molecule has 0 atom stereocenters. The molecule has 0 aliphatic rings. The van der Waals surface area contributed by atoms with Crippen LogP contribution in [-0.4, -0.2) is 12.0 Å². The lowest BCUT2D eigenvalue weighted by Gasteiger charge is -2.25. The Balaban J connectivity index is 2.75. The zero-order valence-electron chi connectivity index (χ0n) is 9.81. The molecule has 0 spiro atoms. The van der Waals surface area contributed by atoms with Crippen LogP contribution in [0.4, 0.5) is 0 Å². The molecule has 1 rings (SSSR count). The number of rotatable bonds is 5. The van der Waals surface area contributed by atoms with Crippen molar-refractivity contribution in [3.63, 3.8) is 0 Å². The third-order valence-corrected chi connectivity index (χ3v) is 3.20. The third-order valence-electron chi connectivity index (χ3n) is 2.81. The molecule has 0 radical (unpaired) electrons. The fourth-order valence-corrected chi connectivity index (χ4v) is 1.85. The number of aryl methyl sites for hydroxylation is 1. The lowest BCUT2D eigenvalue weighted by molar-refractivity contribution is 0.491. The van der Waals surface area contributed by atoms with Gasteiger partial charge >= 0.3 is 0 Å². The summed E-state index contributed by atoms with van der Waals surface area (Å²) in [5.74, 6) is 0. The average Bonchev–Trinajstić information content (AvgIpc) is 2.26. The molecule has 1 nitrogen and oxygen atoms in total. The summed E-state index contributed by atoms with van der Waals surface area (Å²) in [6.07, 6.45) is 1.11. The Morgan fingerprint density at radius 1 is 1.20 bits per heavy atom. The second-order valence-electron chi connectivity index (χ2n) is 4.49. The van der Waals surface area contributed by atoms with Gasteiger partial charge in [-0.2, -0.15) is 0 Å². The van der Waals surface area contributed by atoms with Gasteiger partial charge in [0.2, 0.25) is 0 Å². The predicted molar refractivity (Wildman–Crippen MR) is 70.6 cm³/mol. The number of halogens is 1. The monoisotopic (exact) mass is 269 g/mol. The Hall–Kier alpha value is -0.340. The van der Waals surface area contributed by atoms with Crippen molar-refractivity contribution in [2.75, 3.05) is 12.0 Å². The maximum absolute atomic E-state index is 3.39. The Labute approximate surface area is 101 Å². The smallest absolute Gasteiger partial charge is 0.0517 e. The Bertz CT molecular complexity index is 290. The molecule has 0 bridgehead atoms. The van der Waals surface area contributed by atoms with Crippen molar-refractivity contribution in [1.29, 1.82) is 0 Å². The molecule has 0 saturated carbocycles. The molecule has 1 N–H and O–H groups in total. The van der Waals surface area contributed by atoms with Crippen LogP contribution in [0.2, 0.25) is 0 Å². The van der Waals surface area contributed by atoms with Crippen molar-refractivity contribution in [2.45, 2.75) is 32.6 Å². The van der Waals surface area contributed by atoms with Crippen LogP contribution in [-0.2, 0) is 11.8 Å². The van der Waals surface area contributed by atoms with Crippen LogP contribution in [0.15, 0.2) is 24.3 Å². The van der Waals surface area contributed by atoms with Crippen molar-refractivity contribution < 1.29 is 0 Å². The minimum Gasteiger partial charge on any atom is -0.306 e.